The molecule has 0 aromatic heterocycles. The Kier molecular flexibility index (Phi) is 6.58. The molecule has 0 radical (unpaired) electrons. The molecule has 0 heterocycles. The predicted octanol–water partition coefficient (Wildman–Crippen LogP) is 5.03. The fraction of sp³-hybridized carbons (Fsp3) is 0.348. The van der Waals surface area contributed by atoms with Crippen LogP contribution in [0.3, 0.4) is 0 Å². The van der Waals surface area contributed by atoms with E-state index in [1.807, 2.05) is 13.0 Å². The average Bonchev–Trinajstić information content (AvgIpc) is 2.63. The van der Waals surface area contributed by atoms with Crippen LogP contribution in [0.15, 0.2) is 71.0 Å². The molecule has 1 aromatic rings. The minimum absolute atomic E-state index is 0.747. The van der Waals surface area contributed by atoms with Crippen LogP contribution in [0.1, 0.15) is 37.8 Å². The normalized spacial score (nSPS) is 15.4. The van der Waals surface area contributed by atoms with Crippen LogP contribution in [-0.4, -0.2) is 25.3 Å². The summed E-state index contributed by atoms with van der Waals surface area (Å²) >= 11 is 0. The molecule has 1 aliphatic carbocycles. The van der Waals surface area contributed by atoms with Crippen LogP contribution in [0.2, 0.25) is 0 Å². The van der Waals surface area contributed by atoms with E-state index >= 15 is 0 Å². The Balaban J connectivity index is 2.35. The van der Waals surface area contributed by atoms with Gasteiger partial charge in [-0.15, -0.1) is 0 Å². The molecule has 0 atom stereocenters. The van der Waals surface area contributed by atoms with Gasteiger partial charge in [0.1, 0.15) is 6.29 Å². The molecule has 2 nitrogen and oxygen atoms in total. The van der Waals surface area contributed by atoms with Crippen LogP contribution < -0.4 is 0 Å². The number of hydrogen-bond acceptors (Lipinski definition) is 2. The summed E-state index contributed by atoms with van der Waals surface area (Å²) in [4.78, 5) is 13.4. The molecule has 25 heavy (non-hydrogen) atoms. The quantitative estimate of drug-likeness (QED) is 0.396. The summed E-state index contributed by atoms with van der Waals surface area (Å²) in [7, 11) is 4.11. The summed E-state index contributed by atoms with van der Waals surface area (Å²) in [5.74, 6) is 0. The van der Waals surface area contributed by atoms with Crippen molar-refractivity contribution in [2.24, 2.45) is 0 Å². The van der Waals surface area contributed by atoms with Crippen molar-refractivity contribution in [3.63, 3.8) is 0 Å². The standard InChI is InChI=1S/C23H29NO/c1-6-18-8-10-19(11-9-18)14-20-12-13-22(23(15-20)24(4)5)21(7-2)17(3)16-25/h7-11,15-16H,2,6,12-14H2,1,3-5H3/b21-17-. The first-order valence-corrected chi connectivity index (χ1v) is 8.96. The van der Waals surface area contributed by atoms with Crippen molar-refractivity contribution in [3.8, 4) is 0 Å². The van der Waals surface area contributed by atoms with Gasteiger partial charge in [0.2, 0.25) is 0 Å². The lowest BCUT2D eigenvalue weighted by Gasteiger charge is -2.26. The van der Waals surface area contributed by atoms with Crippen molar-refractivity contribution in [2.75, 3.05) is 14.1 Å². The monoisotopic (exact) mass is 335 g/mol. The summed E-state index contributed by atoms with van der Waals surface area (Å²) < 4.78 is 0. The molecule has 0 amide bonds. The number of aryl methyl sites for hydroxylation is 1. The van der Waals surface area contributed by atoms with Crippen molar-refractivity contribution in [1.82, 2.24) is 4.90 Å². The van der Waals surface area contributed by atoms with Crippen LogP contribution in [-0.2, 0) is 17.6 Å². The summed E-state index contributed by atoms with van der Waals surface area (Å²) in [5.41, 5.74) is 8.29. The second-order valence-corrected chi connectivity index (χ2v) is 6.83. The number of rotatable bonds is 7. The molecule has 0 bridgehead atoms. The van der Waals surface area contributed by atoms with E-state index in [9.17, 15) is 4.79 Å². The molecule has 0 fully saturated rings. The zero-order valence-corrected chi connectivity index (χ0v) is 15.9. The molecule has 132 valence electrons. The van der Waals surface area contributed by atoms with E-state index < -0.39 is 0 Å². The van der Waals surface area contributed by atoms with Crippen molar-refractivity contribution >= 4 is 6.29 Å². The third kappa shape index (κ3) is 4.60. The molecule has 0 unspecified atom stereocenters. The van der Waals surface area contributed by atoms with E-state index in [4.69, 9.17) is 0 Å². The predicted molar refractivity (Wildman–Crippen MR) is 107 cm³/mol. The van der Waals surface area contributed by atoms with Crippen molar-refractivity contribution in [3.05, 3.63) is 82.1 Å². The summed E-state index contributed by atoms with van der Waals surface area (Å²) in [6.07, 6.45) is 9.04. The lowest BCUT2D eigenvalue weighted by atomic mass is 9.86. The number of carbonyl (C=O) groups excluding carboxylic acids is 1. The van der Waals surface area contributed by atoms with Crippen LogP contribution in [0.25, 0.3) is 0 Å². The van der Waals surface area contributed by atoms with Gasteiger partial charge in [-0.1, -0.05) is 49.4 Å². The third-order valence-electron chi connectivity index (χ3n) is 4.82. The Bertz CT molecular complexity index is 730. The maximum Gasteiger partial charge on any atom is 0.146 e. The minimum Gasteiger partial charge on any atom is -0.377 e. The number of aldehydes is 1. The first-order valence-electron chi connectivity index (χ1n) is 8.96. The van der Waals surface area contributed by atoms with E-state index in [2.05, 4.69) is 62.8 Å². The van der Waals surface area contributed by atoms with E-state index in [-0.39, 0.29) is 0 Å². The number of hydrogen-bond donors (Lipinski definition) is 0. The Hall–Kier alpha value is -2.35. The molecular formula is C23H29NO. The molecule has 0 aliphatic heterocycles. The van der Waals surface area contributed by atoms with Gasteiger partial charge in [0.15, 0.2) is 0 Å². The Morgan fingerprint density at radius 3 is 2.32 bits per heavy atom. The number of carbonyl (C=O) groups is 1. The van der Waals surface area contributed by atoms with Gasteiger partial charge in [-0.3, -0.25) is 4.79 Å². The van der Waals surface area contributed by atoms with E-state index in [1.54, 1.807) is 0 Å². The molecule has 0 saturated carbocycles. The molecule has 1 aliphatic rings. The largest absolute Gasteiger partial charge is 0.377 e. The molecule has 0 spiro atoms. The van der Waals surface area contributed by atoms with E-state index in [0.717, 1.165) is 43.1 Å². The van der Waals surface area contributed by atoms with Crippen LogP contribution in [0.5, 0.6) is 0 Å². The third-order valence-corrected chi connectivity index (χ3v) is 4.82. The Morgan fingerprint density at radius 1 is 1.16 bits per heavy atom. The Labute approximate surface area is 152 Å². The molecule has 0 saturated heterocycles. The Morgan fingerprint density at radius 2 is 1.80 bits per heavy atom. The van der Waals surface area contributed by atoms with Gasteiger partial charge in [-0.2, -0.15) is 0 Å². The number of allylic oxidation sites excluding steroid dienone is 6. The number of benzene rings is 1. The number of likely N-dealkylation sites (N-methyl/N-ethyl adjacent to an activating group) is 1. The maximum atomic E-state index is 11.2. The fourth-order valence-electron chi connectivity index (χ4n) is 3.32. The van der Waals surface area contributed by atoms with Gasteiger partial charge in [0.05, 0.1) is 0 Å². The maximum absolute atomic E-state index is 11.2. The summed E-state index contributed by atoms with van der Waals surface area (Å²) in [5, 5.41) is 0. The van der Waals surface area contributed by atoms with Gasteiger partial charge < -0.3 is 4.90 Å². The summed E-state index contributed by atoms with van der Waals surface area (Å²) in [6.45, 7) is 7.95. The topological polar surface area (TPSA) is 20.3 Å². The van der Waals surface area contributed by atoms with Gasteiger partial charge in [0, 0.05) is 19.8 Å². The second-order valence-electron chi connectivity index (χ2n) is 6.83. The molecule has 0 N–H and O–H groups in total. The first kappa shape index (κ1) is 19.0. The molecular weight excluding hydrogens is 306 g/mol. The first-order chi connectivity index (χ1) is 12.0. The lowest BCUT2D eigenvalue weighted by Crippen LogP contribution is -2.17. The van der Waals surface area contributed by atoms with E-state index in [0.29, 0.717) is 0 Å². The van der Waals surface area contributed by atoms with Gasteiger partial charge in [-0.25, -0.2) is 0 Å². The zero-order chi connectivity index (χ0) is 18.4. The average molecular weight is 335 g/mol. The smallest absolute Gasteiger partial charge is 0.146 e. The van der Waals surface area contributed by atoms with Gasteiger partial charge >= 0.3 is 0 Å². The fourth-order valence-corrected chi connectivity index (χ4v) is 3.32. The van der Waals surface area contributed by atoms with Crippen molar-refractivity contribution in [1.29, 1.82) is 0 Å². The highest BCUT2D eigenvalue weighted by molar-refractivity contribution is 5.77. The van der Waals surface area contributed by atoms with Crippen LogP contribution in [0, 0.1) is 0 Å². The number of nitrogens with zero attached hydrogens (tertiary/aromatic N) is 1. The van der Waals surface area contributed by atoms with Crippen molar-refractivity contribution < 1.29 is 4.79 Å². The SMILES string of the molecule is C=C/C(C1=C(N(C)C)C=C(Cc2ccc(CC)cc2)CC1)=C(\C)C=O. The highest BCUT2D eigenvalue weighted by Crippen LogP contribution is 2.33. The van der Waals surface area contributed by atoms with Crippen LogP contribution >= 0.6 is 0 Å². The highest BCUT2D eigenvalue weighted by atomic mass is 16.1. The summed E-state index contributed by atoms with van der Waals surface area (Å²) in [6, 6.07) is 8.91. The second kappa shape index (κ2) is 8.66. The van der Waals surface area contributed by atoms with E-state index in [1.165, 1.54) is 28.0 Å². The highest BCUT2D eigenvalue weighted by Gasteiger charge is 2.18. The molecule has 1 aromatic carbocycles. The zero-order valence-electron chi connectivity index (χ0n) is 15.9. The molecule has 2 heteroatoms. The van der Waals surface area contributed by atoms with Crippen molar-refractivity contribution in [2.45, 2.75) is 39.5 Å². The van der Waals surface area contributed by atoms with Crippen LogP contribution in [0.4, 0.5) is 0 Å². The van der Waals surface area contributed by atoms with Gasteiger partial charge in [0.25, 0.3) is 0 Å². The lowest BCUT2D eigenvalue weighted by molar-refractivity contribution is -0.104. The van der Waals surface area contributed by atoms with Gasteiger partial charge in [-0.05, 0) is 66.5 Å². The minimum atomic E-state index is 0.747. The molecule has 2 rings (SSSR count).